The number of hydrogen-bond donors (Lipinski definition) is 1. The lowest BCUT2D eigenvalue weighted by atomic mass is 9.74. The van der Waals surface area contributed by atoms with Crippen LogP contribution in [0.2, 0.25) is 0 Å². The van der Waals surface area contributed by atoms with Crippen LogP contribution in [0.3, 0.4) is 0 Å². The summed E-state index contributed by atoms with van der Waals surface area (Å²) in [4.78, 5) is 14.6. The van der Waals surface area contributed by atoms with E-state index in [1.807, 2.05) is 6.08 Å². The summed E-state index contributed by atoms with van der Waals surface area (Å²) in [5, 5.41) is 10.4. The van der Waals surface area contributed by atoms with E-state index >= 15 is 0 Å². The Kier molecular flexibility index (Phi) is 4.30. The molecule has 2 saturated carbocycles. The molecule has 1 amide bonds. The molecular formula is C18H27NO3S. The highest BCUT2D eigenvalue weighted by atomic mass is 32.1. The molecule has 23 heavy (non-hydrogen) atoms. The molecule has 3 aliphatic rings. The topological polar surface area (TPSA) is 49.8 Å². The Hall–Kier alpha value is -0.940. The maximum absolute atomic E-state index is 12.9. The van der Waals surface area contributed by atoms with Gasteiger partial charge in [-0.05, 0) is 49.2 Å². The smallest absolute Gasteiger partial charge is 0.267 e. The van der Waals surface area contributed by atoms with Crippen molar-refractivity contribution in [3.05, 3.63) is 12.2 Å². The molecule has 128 valence electrons. The SMILES string of the molecule is CCC/C=C/[C@H](O)CC(=O)N1C(=S)O[C@@H]2C[C@H]3CC[C@]21C3(C)C. The van der Waals surface area contributed by atoms with Gasteiger partial charge in [0.2, 0.25) is 5.91 Å². The summed E-state index contributed by atoms with van der Waals surface area (Å²) in [5.74, 6) is 0.474. The number of amides is 1. The van der Waals surface area contributed by atoms with Gasteiger partial charge in [0.1, 0.15) is 6.10 Å². The predicted molar refractivity (Wildman–Crippen MR) is 92.8 cm³/mol. The average Bonchev–Trinajstić information content (AvgIpc) is 2.98. The van der Waals surface area contributed by atoms with E-state index in [1.54, 1.807) is 11.0 Å². The van der Waals surface area contributed by atoms with Gasteiger partial charge in [0.15, 0.2) is 0 Å². The van der Waals surface area contributed by atoms with Crippen LogP contribution in [0.4, 0.5) is 0 Å². The van der Waals surface area contributed by atoms with Crippen LogP contribution in [0.5, 0.6) is 0 Å². The largest absolute Gasteiger partial charge is 0.465 e. The minimum atomic E-state index is -0.756. The number of aliphatic hydroxyl groups excluding tert-OH is 1. The third-order valence-corrected chi connectivity index (χ3v) is 6.59. The van der Waals surface area contributed by atoms with Gasteiger partial charge < -0.3 is 9.84 Å². The maximum atomic E-state index is 12.9. The maximum Gasteiger partial charge on any atom is 0.267 e. The lowest BCUT2D eigenvalue weighted by Gasteiger charge is -2.42. The number of nitrogens with zero attached hydrogens (tertiary/aromatic N) is 1. The lowest BCUT2D eigenvalue weighted by Crippen LogP contribution is -2.57. The zero-order valence-corrected chi connectivity index (χ0v) is 15.1. The Morgan fingerprint density at radius 2 is 2.30 bits per heavy atom. The van der Waals surface area contributed by atoms with E-state index in [0.29, 0.717) is 11.1 Å². The number of ether oxygens (including phenoxy) is 1. The van der Waals surface area contributed by atoms with E-state index < -0.39 is 6.10 Å². The van der Waals surface area contributed by atoms with Crippen LogP contribution in [0.1, 0.15) is 59.3 Å². The van der Waals surface area contributed by atoms with Crippen molar-refractivity contribution in [3.8, 4) is 0 Å². The van der Waals surface area contributed by atoms with Crippen molar-refractivity contribution in [3.63, 3.8) is 0 Å². The molecule has 2 bridgehead atoms. The minimum Gasteiger partial charge on any atom is -0.465 e. The van der Waals surface area contributed by atoms with Crippen LogP contribution < -0.4 is 0 Å². The molecule has 3 fully saturated rings. The van der Waals surface area contributed by atoms with Gasteiger partial charge in [0.25, 0.3) is 5.17 Å². The Bertz CT molecular complexity index is 544. The first kappa shape index (κ1) is 16.9. The zero-order valence-electron chi connectivity index (χ0n) is 14.2. The molecule has 0 aromatic heterocycles. The van der Waals surface area contributed by atoms with Gasteiger partial charge in [0, 0.05) is 0 Å². The van der Waals surface area contributed by atoms with Crippen LogP contribution in [-0.2, 0) is 9.53 Å². The van der Waals surface area contributed by atoms with Gasteiger partial charge in [-0.15, -0.1) is 0 Å². The van der Waals surface area contributed by atoms with Crippen molar-refractivity contribution in [2.24, 2.45) is 11.3 Å². The summed E-state index contributed by atoms with van der Waals surface area (Å²) in [6.45, 7) is 6.56. The number of carbonyl (C=O) groups excluding carboxylic acids is 1. The third kappa shape index (κ3) is 2.35. The third-order valence-electron chi connectivity index (χ3n) is 6.31. The number of thiocarbonyl (C=S) groups is 1. The predicted octanol–water partition coefficient (Wildman–Crippen LogP) is 3.18. The molecule has 0 radical (unpaired) electrons. The van der Waals surface area contributed by atoms with Crippen LogP contribution in [0.15, 0.2) is 12.2 Å². The van der Waals surface area contributed by atoms with Crippen molar-refractivity contribution in [1.82, 2.24) is 4.90 Å². The molecule has 3 rings (SSSR count). The summed E-state index contributed by atoms with van der Waals surface area (Å²) in [5.41, 5.74) is -0.296. The van der Waals surface area contributed by atoms with E-state index in [9.17, 15) is 9.90 Å². The molecule has 4 atom stereocenters. The number of hydrogen-bond acceptors (Lipinski definition) is 4. The second kappa shape index (κ2) is 5.85. The Morgan fingerprint density at radius 1 is 1.57 bits per heavy atom. The first-order valence-corrected chi connectivity index (χ1v) is 9.13. The lowest BCUT2D eigenvalue weighted by molar-refractivity contribution is -0.135. The van der Waals surface area contributed by atoms with Crippen molar-refractivity contribution < 1.29 is 14.6 Å². The number of carbonyl (C=O) groups is 1. The highest BCUT2D eigenvalue weighted by Gasteiger charge is 2.72. The second-order valence-corrected chi connectivity index (χ2v) is 8.06. The molecule has 1 saturated heterocycles. The van der Waals surface area contributed by atoms with E-state index in [2.05, 4.69) is 20.8 Å². The molecule has 0 unspecified atom stereocenters. The van der Waals surface area contributed by atoms with Gasteiger partial charge in [-0.3, -0.25) is 9.69 Å². The molecular weight excluding hydrogens is 310 g/mol. The van der Waals surface area contributed by atoms with Crippen LogP contribution >= 0.6 is 12.2 Å². The summed E-state index contributed by atoms with van der Waals surface area (Å²) < 4.78 is 5.90. The van der Waals surface area contributed by atoms with Crippen molar-refractivity contribution >= 4 is 23.3 Å². The highest BCUT2D eigenvalue weighted by Crippen LogP contribution is 2.65. The highest BCUT2D eigenvalue weighted by molar-refractivity contribution is 7.80. The van der Waals surface area contributed by atoms with E-state index in [1.165, 1.54) is 0 Å². The Morgan fingerprint density at radius 3 is 2.96 bits per heavy atom. The Labute approximate surface area is 143 Å². The van der Waals surface area contributed by atoms with Crippen molar-refractivity contribution in [2.45, 2.75) is 77.0 Å². The fourth-order valence-corrected chi connectivity index (χ4v) is 5.36. The molecule has 4 nitrogen and oxygen atoms in total. The van der Waals surface area contributed by atoms with Crippen molar-refractivity contribution in [2.75, 3.05) is 0 Å². The molecule has 1 N–H and O–H groups in total. The number of fused-ring (bicyclic) bond motifs is 1. The van der Waals surface area contributed by atoms with Crippen LogP contribution in [0.25, 0.3) is 0 Å². The quantitative estimate of drug-likeness (QED) is 0.618. The minimum absolute atomic E-state index is 0.0108. The van der Waals surface area contributed by atoms with E-state index in [-0.39, 0.29) is 29.4 Å². The van der Waals surface area contributed by atoms with E-state index in [4.69, 9.17) is 17.0 Å². The van der Waals surface area contributed by atoms with Gasteiger partial charge in [-0.1, -0.05) is 39.3 Å². The number of allylic oxidation sites excluding steroid dienone is 1. The van der Waals surface area contributed by atoms with Gasteiger partial charge >= 0.3 is 0 Å². The standard InChI is InChI=1S/C18H27NO3S/c1-4-5-6-7-13(20)11-15(21)19-16(23)22-14-10-12-8-9-18(14,19)17(12,2)3/h6-7,12-14,20H,4-5,8-11H2,1-3H3/b7-6+/t12-,13+,14-,18-/m1/s1. The van der Waals surface area contributed by atoms with E-state index in [0.717, 1.165) is 32.1 Å². The Balaban J connectivity index is 1.78. The zero-order chi connectivity index (χ0) is 16.8. The fourth-order valence-electron chi connectivity index (χ4n) is 4.98. The number of unbranched alkanes of at least 4 members (excludes halogenated alkanes) is 1. The fraction of sp³-hybridized carbons (Fsp3) is 0.778. The van der Waals surface area contributed by atoms with Gasteiger partial charge in [-0.25, -0.2) is 0 Å². The number of aliphatic hydroxyl groups is 1. The monoisotopic (exact) mass is 337 g/mol. The first-order chi connectivity index (χ1) is 10.8. The summed E-state index contributed by atoms with van der Waals surface area (Å²) in [6, 6.07) is 0. The summed E-state index contributed by atoms with van der Waals surface area (Å²) in [6.07, 6.45) is 7.99. The molecule has 1 heterocycles. The van der Waals surface area contributed by atoms with Gasteiger partial charge in [-0.2, -0.15) is 0 Å². The van der Waals surface area contributed by atoms with Crippen molar-refractivity contribution in [1.29, 1.82) is 0 Å². The summed E-state index contributed by atoms with van der Waals surface area (Å²) >= 11 is 5.37. The average molecular weight is 337 g/mol. The molecule has 1 aliphatic heterocycles. The van der Waals surface area contributed by atoms with Crippen LogP contribution in [0, 0.1) is 11.3 Å². The molecule has 5 heteroatoms. The number of rotatable bonds is 5. The molecule has 0 aromatic rings. The summed E-state index contributed by atoms with van der Waals surface area (Å²) in [7, 11) is 0. The molecule has 1 spiro atoms. The second-order valence-electron chi connectivity index (χ2n) is 7.71. The normalized spacial score (nSPS) is 35.7. The van der Waals surface area contributed by atoms with Crippen LogP contribution in [-0.4, -0.2) is 38.8 Å². The molecule has 0 aromatic carbocycles. The first-order valence-electron chi connectivity index (χ1n) is 8.73. The molecule has 2 aliphatic carbocycles. The van der Waals surface area contributed by atoms with Gasteiger partial charge in [0.05, 0.1) is 18.1 Å².